The predicted molar refractivity (Wildman–Crippen MR) is 75.3 cm³/mol. The van der Waals surface area contributed by atoms with E-state index in [4.69, 9.17) is 0 Å². The largest absolute Gasteiger partial charge is 0.293 e. The first-order valence-electron chi connectivity index (χ1n) is 7.72. The fourth-order valence-electron chi connectivity index (χ4n) is 4.39. The lowest BCUT2D eigenvalue weighted by molar-refractivity contribution is -0.0594. The standard InChI is InChI=1S/C16H31N/c1-15(2,3)17-13-9-8-12-16(17,4)14-10-6-5-7-11-14/h14H,5-13H2,1-4H3. The molecule has 1 aliphatic carbocycles. The molecule has 0 N–H and O–H groups in total. The van der Waals surface area contributed by atoms with Crippen LogP contribution in [0.2, 0.25) is 0 Å². The number of hydrogen-bond donors (Lipinski definition) is 0. The Morgan fingerprint density at radius 2 is 1.59 bits per heavy atom. The molecule has 2 fully saturated rings. The maximum Gasteiger partial charge on any atom is 0.0214 e. The molecule has 1 unspecified atom stereocenters. The summed E-state index contributed by atoms with van der Waals surface area (Å²) in [5.41, 5.74) is 0.823. The minimum absolute atomic E-state index is 0.340. The van der Waals surface area contributed by atoms with Gasteiger partial charge in [0.25, 0.3) is 0 Å². The zero-order valence-corrected chi connectivity index (χ0v) is 12.4. The molecule has 0 aromatic heterocycles. The van der Waals surface area contributed by atoms with Gasteiger partial charge in [-0.3, -0.25) is 4.90 Å². The number of hydrogen-bond acceptors (Lipinski definition) is 1. The van der Waals surface area contributed by atoms with Crippen LogP contribution in [-0.2, 0) is 0 Å². The minimum Gasteiger partial charge on any atom is -0.293 e. The van der Waals surface area contributed by atoms with Crippen LogP contribution in [0, 0.1) is 5.92 Å². The summed E-state index contributed by atoms with van der Waals surface area (Å²) in [7, 11) is 0. The Hall–Kier alpha value is -0.0400. The van der Waals surface area contributed by atoms with E-state index in [0.717, 1.165) is 5.92 Å². The monoisotopic (exact) mass is 237 g/mol. The van der Waals surface area contributed by atoms with Gasteiger partial charge in [0, 0.05) is 11.1 Å². The van der Waals surface area contributed by atoms with Gasteiger partial charge in [-0.25, -0.2) is 0 Å². The van der Waals surface area contributed by atoms with E-state index < -0.39 is 0 Å². The van der Waals surface area contributed by atoms with Gasteiger partial charge in [0.2, 0.25) is 0 Å². The molecule has 17 heavy (non-hydrogen) atoms. The average Bonchev–Trinajstić information content (AvgIpc) is 2.29. The molecule has 1 atom stereocenters. The first kappa shape index (κ1) is 13.4. The summed E-state index contributed by atoms with van der Waals surface area (Å²) in [6.45, 7) is 11.1. The van der Waals surface area contributed by atoms with Crippen molar-refractivity contribution in [2.75, 3.05) is 6.54 Å². The van der Waals surface area contributed by atoms with Crippen LogP contribution in [0.15, 0.2) is 0 Å². The van der Waals surface area contributed by atoms with Gasteiger partial charge < -0.3 is 0 Å². The van der Waals surface area contributed by atoms with Crippen LogP contribution in [0.1, 0.15) is 79.1 Å². The Balaban J connectivity index is 2.17. The highest BCUT2D eigenvalue weighted by Crippen LogP contribution is 2.44. The van der Waals surface area contributed by atoms with E-state index in [1.54, 1.807) is 0 Å². The van der Waals surface area contributed by atoms with Gasteiger partial charge in [0.1, 0.15) is 0 Å². The highest BCUT2D eigenvalue weighted by molar-refractivity contribution is 5.00. The molecule has 1 saturated carbocycles. The lowest BCUT2D eigenvalue weighted by Gasteiger charge is -2.56. The molecule has 0 aromatic rings. The van der Waals surface area contributed by atoms with Gasteiger partial charge in [-0.1, -0.05) is 25.7 Å². The van der Waals surface area contributed by atoms with Gasteiger partial charge in [0.15, 0.2) is 0 Å². The van der Waals surface area contributed by atoms with E-state index in [1.807, 2.05) is 0 Å². The van der Waals surface area contributed by atoms with Gasteiger partial charge in [0.05, 0.1) is 0 Å². The zero-order chi connectivity index (χ0) is 12.5. The van der Waals surface area contributed by atoms with Crippen molar-refractivity contribution in [3.05, 3.63) is 0 Å². The molecule has 1 aliphatic heterocycles. The zero-order valence-electron chi connectivity index (χ0n) is 12.4. The minimum atomic E-state index is 0.340. The SMILES string of the molecule is CC(C)(C)N1CCCCC1(C)C1CCCCC1. The third kappa shape index (κ3) is 2.70. The Bertz CT molecular complexity index is 247. The fourth-order valence-corrected chi connectivity index (χ4v) is 4.39. The second-order valence-corrected chi connectivity index (χ2v) is 7.47. The second-order valence-electron chi connectivity index (χ2n) is 7.47. The predicted octanol–water partition coefficient (Wildman–Crippen LogP) is 4.61. The molecule has 0 spiro atoms. The van der Waals surface area contributed by atoms with Crippen molar-refractivity contribution in [1.29, 1.82) is 0 Å². The second kappa shape index (κ2) is 4.91. The third-order valence-corrected chi connectivity index (χ3v) is 5.23. The van der Waals surface area contributed by atoms with Gasteiger partial charge in [-0.05, 0) is 65.8 Å². The highest BCUT2D eigenvalue weighted by Gasteiger charge is 2.45. The molecule has 1 heteroatoms. The lowest BCUT2D eigenvalue weighted by Crippen LogP contribution is -2.61. The Kier molecular flexibility index (Phi) is 3.87. The van der Waals surface area contributed by atoms with Crippen LogP contribution in [-0.4, -0.2) is 22.5 Å². The Labute approximate surface area is 108 Å². The van der Waals surface area contributed by atoms with Crippen LogP contribution in [0.4, 0.5) is 0 Å². The highest BCUT2D eigenvalue weighted by atomic mass is 15.3. The summed E-state index contributed by atoms with van der Waals surface area (Å²) < 4.78 is 0. The summed E-state index contributed by atoms with van der Waals surface area (Å²) >= 11 is 0. The molecule has 2 aliphatic rings. The van der Waals surface area contributed by atoms with Gasteiger partial charge >= 0.3 is 0 Å². The van der Waals surface area contributed by atoms with Crippen molar-refractivity contribution in [2.24, 2.45) is 5.92 Å². The molecule has 0 radical (unpaired) electrons. The van der Waals surface area contributed by atoms with E-state index in [2.05, 4.69) is 32.6 Å². The van der Waals surface area contributed by atoms with Crippen LogP contribution >= 0.6 is 0 Å². The van der Waals surface area contributed by atoms with Crippen molar-refractivity contribution in [1.82, 2.24) is 4.90 Å². The molecule has 0 bridgehead atoms. The van der Waals surface area contributed by atoms with Crippen LogP contribution < -0.4 is 0 Å². The first-order valence-corrected chi connectivity index (χ1v) is 7.72. The molecule has 0 aromatic carbocycles. The maximum atomic E-state index is 2.83. The van der Waals surface area contributed by atoms with E-state index in [0.29, 0.717) is 11.1 Å². The van der Waals surface area contributed by atoms with Crippen LogP contribution in [0.3, 0.4) is 0 Å². The lowest BCUT2D eigenvalue weighted by atomic mass is 9.69. The third-order valence-electron chi connectivity index (χ3n) is 5.23. The van der Waals surface area contributed by atoms with Crippen LogP contribution in [0.5, 0.6) is 0 Å². The van der Waals surface area contributed by atoms with Crippen LogP contribution in [0.25, 0.3) is 0 Å². The van der Waals surface area contributed by atoms with Crippen molar-refractivity contribution < 1.29 is 0 Å². The summed E-state index contributed by atoms with van der Waals surface area (Å²) in [4.78, 5) is 2.83. The average molecular weight is 237 g/mol. The molecule has 1 nitrogen and oxygen atoms in total. The number of rotatable bonds is 1. The van der Waals surface area contributed by atoms with E-state index in [1.165, 1.54) is 57.9 Å². The molecule has 2 rings (SSSR count). The molecule has 0 amide bonds. The summed E-state index contributed by atoms with van der Waals surface area (Å²) in [6.07, 6.45) is 11.6. The summed E-state index contributed by atoms with van der Waals surface area (Å²) in [5, 5.41) is 0. The Morgan fingerprint density at radius 3 is 2.18 bits per heavy atom. The van der Waals surface area contributed by atoms with E-state index in [9.17, 15) is 0 Å². The maximum absolute atomic E-state index is 2.83. The van der Waals surface area contributed by atoms with E-state index in [-0.39, 0.29) is 0 Å². The molecule has 1 heterocycles. The number of nitrogens with zero attached hydrogens (tertiary/aromatic N) is 1. The smallest absolute Gasteiger partial charge is 0.0214 e. The number of piperidine rings is 1. The van der Waals surface area contributed by atoms with Gasteiger partial charge in [-0.2, -0.15) is 0 Å². The molecule has 100 valence electrons. The van der Waals surface area contributed by atoms with Gasteiger partial charge in [-0.15, -0.1) is 0 Å². The molecular weight excluding hydrogens is 206 g/mol. The van der Waals surface area contributed by atoms with E-state index >= 15 is 0 Å². The summed E-state index contributed by atoms with van der Waals surface area (Å²) in [6, 6.07) is 0. The fraction of sp³-hybridized carbons (Fsp3) is 1.00. The number of likely N-dealkylation sites (tertiary alicyclic amines) is 1. The first-order chi connectivity index (χ1) is 7.94. The Morgan fingerprint density at radius 1 is 0.941 bits per heavy atom. The van der Waals surface area contributed by atoms with Crippen molar-refractivity contribution in [3.63, 3.8) is 0 Å². The van der Waals surface area contributed by atoms with Crippen molar-refractivity contribution in [3.8, 4) is 0 Å². The quantitative estimate of drug-likeness (QED) is 0.644. The van der Waals surface area contributed by atoms with Crippen molar-refractivity contribution in [2.45, 2.75) is 90.1 Å². The topological polar surface area (TPSA) is 3.24 Å². The summed E-state index contributed by atoms with van der Waals surface area (Å²) in [5.74, 6) is 0.954. The normalized spacial score (nSPS) is 33.9. The molecular formula is C16H31N. The van der Waals surface area contributed by atoms with Crippen molar-refractivity contribution >= 4 is 0 Å². The molecule has 1 saturated heterocycles.